The van der Waals surface area contributed by atoms with Crippen molar-refractivity contribution in [3.63, 3.8) is 0 Å². The fourth-order valence-corrected chi connectivity index (χ4v) is 2.70. The molecule has 0 aliphatic carbocycles. The van der Waals surface area contributed by atoms with E-state index in [1.54, 1.807) is 0 Å². The summed E-state index contributed by atoms with van der Waals surface area (Å²) in [7, 11) is 0. The summed E-state index contributed by atoms with van der Waals surface area (Å²) in [6.45, 7) is 0.938. The Balaban J connectivity index is 1.45. The van der Waals surface area contributed by atoms with E-state index in [1.807, 2.05) is 30.3 Å². The average Bonchev–Trinajstić information content (AvgIpc) is 3.16. The van der Waals surface area contributed by atoms with Gasteiger partial charge in [0.1, 0.15) is 18.6 Å². The normalized spacial score (nSPS) is 16.3. The number of H-pyrrole nitrogens is 1. The van der Waals surface area contributed by atoms with Crippen molar-refractivity contribution in [1.29, 1.82) is 0 Å². The van der Waals surface area contributed by atoms with Crippen molar-refractivity contribution in [1.82, 2.24) is 25.4 Å². The molecule has 1 atom stereocenters. The highest BCUT2D eigenvalue weighted by atomic mass is 16.6. The van der Waals surface area contributed by atoms with E-state index in [-0.39, 0.29) is 37.2 Å². The van der Waals surface area contributed by atoms with E-state index in [2.05, 4.69) is 20.5 Å². The minimum absolute atomic E-state index is 0.00302. The van der Waals surface area contributed by atoms with Gasteiger partial charge in [0.25, 0.3) is 5.56 Å². The first kappa shape index (κ1) is 17.6. The third-order valence-corrected chi connectivity index (χ3v) is 4.15. The number of hydrogen-bond donors (Lipinski definition) is 2. The van der Waals surface area contributed by atoms with Crippen LogP contribution in [0.3, 0.4) is 0 Å². The van der Waals surface area contributed by atoms with Crippen LogP contribution in [0.25, 0.3) is 0 Å². The summed E-state index contributed by atoms with van der Waals surface area (Å²) in [6.07, 6.45) is 1.29. The van der Waals surface area contributed by atoms with Gasteiger partial charge in [0.15, 0.2) is 0 Å². The van der Waals surface area contributed by atoms with Gasteiger partial charge >= 0.3 is 6.09 Å². The Bertz CT molecular complexity index is 823. The van der Waals surface area contributed by atoms with Gasteiger partial charge in [-0.15, -0.1) is 10.2 Å². The van der Waals surface area contributed by atoms with Gasteiger partial charge in [-0.25, -0.2) is 4.79 Å². The van der Waals surface area contributed by atoms with Crippen LogP contribution in [0.5, 0.6) is 0 Å². The van der Waals surface area contributed by atoms with Crippen LogP contribution in [-0.2, 0) is 22.7 Å². The number of benzene rings is 1. The SMILES string of the molecule is O=C(NCc1nnc[nH]c1=O)[C@@H]1CCN(C(=O)OCc2ccccc2)C1. The first-order chi connectivity index (χ1) is 12.6. The zero-order valence-electron chi connectivity index (χ0n) is 14.1. The van der Waals surface area contributed by atoms with Gasteiger partial charge in [-0.1, -0.05) is 30.3 Å². The van der Waals surface area contributed by atoms with Gasteiger partial charge in [0, 0.05) is 13.1 Å². The van der Waals surface area contributed by atoms with Crippen molar-refractivity contribution < 1.29 is 14.3 Å². The Hall–Kier alpha value is -3.23. The smallest absolute Gasteiger partial charge is 0.410 e. The van der Waals surface area contributed by atoms with Crippen LogP contribution >= 0.6 is 0 Å². The van der Waals surface area contributed by atoms with Crippen LogP contribution in [0.1, 0.15) is 17.7 Å². The summed E-state index contributed by atoms with van der Waals surface area (Å²) in [5.41, 5.74) is 0.652. The highest BCUT2D eigenvalue weighted by Crippen LogP contribution is 2.18. The molecule has 2 N–H and O–H groups in total. The molecule has 3 rings (SSSR count). The van der Waals surface area contributed by atoms with Gasteiger partial charge < -0.3 is 19.9 Å². The fourth-order valence-electron chi connectivity index (χ4n) is 2.70. The molecule has 9 nitrogen and oxygen atoms in total. The number of aromatic nitrogens is 3. The van der Waals surface area contributed by atoms with E-state index in [0.29, 0.717) is 13.0 Å². The van der Waals surface area contributed by atoms with Gasteiger partial charge in [-0.05, 0) is 12.0 Å². The summed E-state index contributed by atoms with van der Waals surface area (Å²) < 4.78 is 5.28. The first-order valence-electron chi connectivity index (χ1n) is 8.26. The predicted molar refractivity (Wildman–Crippen MR) is 90.8 cm³/mol. The monoisotopic (exact) mass is 357 g/mol. The molecule has 1 aromatic heterocycles. The number of likely N-dealkylation sites (tertiary alicyclic amines) is 1. The molecular weight excluding hydrogens is 338 g/mol. The molecular formula is C17H19N5O4. The van der Waals surface area contributed by atoms with E-state index < -0.39 is 11.7 Å². The fraction of sp³-hybridized carbons (Fsp3) is 0.353. The number of amides is 2. The Morgan fingerprint density at radius 2 is 2.12 bits per heavy atom. The molecule has 1 aromatic carbocycles. The van der Waals surface area contributed by atoms with Crippen molar-refractivity contribution in [2.45, 2.75) is 19.6 Å². The Kier molecular flexibility index (Phi) is 5.57. The molecule has 0 spiro atoms. The lowest BCUT2D eigenvalue weighted by Crippen LogP contribution is -2.35. The van der Waals surface area contributed by atoms with Crippen LogP contribution in [0.15, 0.2) is 41.5 Å². The molecule has 2 amide bonds. The van der Waals surface area contributed by atoms with Gasteiger partial charge in [-0.3, -0.25) is 9.59 Å². The number of rotatable bonds is 5. The highest BCUT2D eigenvalue weighted by molar-refractivity contribution is 5.80. The number of nitrogens with zero attached hydrogens (tertiary/aromatic N) is 3. The van der Waals surface area contributed by atoms with E-state index in [4.69, 9.17) is 4.74 Å². The number of ether oxygens (including phenoxy) is 1. The Morgan fingerprint density at radius 3 is 2.88 bits per heavy atom. The maximum atomic E-state index is 12.2. The summed E-state index contributed by atoms with van der Waals surface area (Å²) >= 11 is 0. The largest absolute Gasteiger partial charge is 0.445 e. The Labute approximate surface area is 149 Å². The quantitative estimate of drug-likeness (QED) is 0.802. The number of carbonyl (C=O) groups excluding carboxylic acids is 2. The number of carbonyl (C=O) groups is 2. The zero-order chi connectivity index (χ0) is 18.4. The highest BCUT2D eigenvalue weighted by Gasteiger charge is 2.31. The van der Waals surface area contributed by atoms with Crippen LogP contribution in [0.4, 0.5) is 4.79 Å². The van der Waals surface area contributed by atoms with Crippen molar-refractivity contribution in [2.75, 3.05) is 13.1 Å². The summed E-state index contributed by atoms with van der Waals surface area (Å²) in [5.74, 6) is -0.566. The molecule has 1 saturated heterocycles. The molecule has 26 heavy (non-hydrogen) atoms. The number of aromatic amines is 1. The summed E-state index contributed by atoms with van der Waals surface area (Å²) in [4.78, 5) is 39.8. The second kappa shape index (κ2) is 8.24. The van der Waals surface area contributed by atoms with E-state index >= 15 is 0 Å². The predicted octanol–water partition coefficient (Wildman–Crippen LogP) is 0.440. The zero-order valence-corrected chi connectivity index (χ0v) is 14.1. The van der Waals surface area contributed by atoms with Gasteiger partial charge in [0.05, 0.1) is 12.5 Å². The van der Waals surface area contributed by atoms with Crippen LogP contribution in [0.2, 0.25) is 0 Å². The maximum Gasteiger partial charge on any atom is 0.410 e. The number of hydrogen-bond acceptors (Lipinski definition) is 6. The second-order valence-corrected chi connectivity index (χ2v) is 5.95. The molecule has 1 aliphatic rings. The minimum Gasteiger partial charge on any atom is -0.445 e. The standard InChI is InChI=1S/C17H19N5O4/c23-15(18-8-14-16(24)19-11-20-21-14)13-6-7-22(9-13)17(25)26-10-12-4-2-1-3-5-12/h1-5,11,13H,6-10H2,(H,18,23)(H,19,20,24)/t13-/m1/s1. The topological polar surface area (TPSA) is 117 Å². The lowest BCUT2D eigenvalue weighted by atomic mass is 10.1. The minimum atomic E-state index is -0.436. The van der Waals surface area contributed by atoms with Crippen molar-refractivity contribution in [3.8, 4) is 0 Å². The molecule has 0 saturated carbocycles. The van der Waals surface area contributed by atoms with E-state index in [1.165, 1.54) is 11.2 Å². The summed E-state index contributed by atoms with van der Waals surface area (Å²) in [6, 6.07) is 9.40. The van der Waals surface area contributed by atoms with Crippen LogP contribution < -0.4 is 10.9 Å². The van der Waals surface area contributed by atoms with Gasteiger partial charge in [0.2, 0.25) is 5.91 Å². The second-order valence-electron chi connectivity index (χ2n) is 5.95. The van der Waals surface area contributed by atoms with Gasteiger partial charge in [-0.2, -0.15) is 0 Å². The first-order valence-corrected chi connectivity index (χ1v) is 8.26. The maximum absolute atomic E-state index is 12.2. The van der Waals surface area contributed by atoms with Crippen molar-refractivity contribution in [2.24, 2.45) is 5.92 Å². The average molecular weight is 357 g/mol. The van der Waals surface area contributed by atoms with Crippen molar-refractivity contribution in [3.05, 3.63) is 58.3 Å². The lowest BCUT2D eigenvalue weighted by molar-refractivity contribution is -0.124. The molecule has 1 fully saturated rings. The van der Waals surface area contributed by atoms with Crippen molar-refractivity contribution >= 4 is 12.0 Å². The van der Waals surface area contributed by atoms with E-state index in [9.17, 15) is 14.4 Å². The van der Waals surface area contributed by atoms with Crippen LogP contribution in [-0.4, -0.2) is 45.2 Å². The van der Waals surface area contributed by atoms with E-state index in [0.717, 1.165) is 5.56 Å². The molecule has 0 radical (unpaired) electrons. The molecule has 0 unspecified atom stereocenters. The molecule has 2 heterocycles. The molecule has 0 bridgehead atoms. The Morgan fingerprint density at radius 1 is 1.31 bits per heavy atom. The summed E-state index contributed by atoms with van der Waals surface area (Å²) in [5, 5.41) is 9.91. The molecule has 2 aromatic rings. The third-order valence-electron chi connectivity index (χ3n) is 4.15. The third kappa shape index (κ3) is 4.44. The van der Waals surface area contributed by atoms with Crippen LogP contribution in [0, 0.1) is 5.92 Å². The molecule has 9 heteroatoms. The molecule has 1 aliphatic heterocycles. The molecule has 136 valence electrons. The lowest BCUT2D eigenvalue weighted by Gasteiger charge is -2.16. The number of nitrogens with one attached hydrogen (secondary N) is 2.